The zero-order valence-electron chi connectivity index (χ0n) is 6.93. The minimum Gasteiger partial charge on any atom is -0.368 e. The Balaban J connectivity index is 4.02. The minimum absolute atomic E-state index is 0.0347. The average Bonchev–Trinajstić information content (AvgIpc) is 2.02. The van der Waals surface area contributed by atoms with Crippen LogP contribution in [-0.2, 0) is 14.3 Å². The first-order valence-electron chi connectivity index (χ1n) is 3.28. The Bertz CT molecular complexity index is 285. The molecular weight excluding hydrogens is 200 g/mol. The molecule has 0 saturated heterocycles. The molecule has 0 radical (unpaired) electrons. The van der Waals surface area contributed by atoms with Crippen molar-refractivity contribution >= 4 is 16.1 Å². The first kappa shape index (κ1) is 11.8. The lowest BCUT2D eigenvalue weighted by Gasteiger charge is -2.04. The number of hydrogen-bond acceptors (Lipinski definition) is 5. The van der Waals surface area contributed by atoms with Crippen molar-refractivity contribution in [3.05, 3.63) is 4.91 Å². The van der Waals surface area contributed by atoms with E-state index in [-0.39, 0.29) is 12.6 Å². The lowest BCUT2D eigenvalue weighted by atomic mass is 10.9. The summed E-state index contributed by atoms with van der Waals surface area (Å²) in [5, 5.41) is 7.05. The van der Waals surface area contributed by atoms with E-state index in [4.69, 9.17) is 5.73 Å². The molecule has 0 atom stereocenters. The summed E-state index contributed by atoms with van der Waals surface area (Å²) >= 11 is 0. The van der Waals surface area contributed by atoms with E-state index in [1.807, 2.05) is 0 Å². The lowest BCUT2D eigenvalue weighted by Crippen LogP contribution is -2.35. The summed E-state index contributed by atoms with van der Waals surface area (Å²) < 4.78 is 26.0. The van der Waals surface area contributed by atoms with Gasteiger partial charge in [-0.25, -0.2) is 0 Å². The highest BCUT2D eigenvalue weighted by molar-refractivity contribution is 7.86. The van der Waals surface area contributed by atoms with Crippen LogP contribution in [0.5, 0.6) is 0 Å². The molecule has 0 aromatic heterocycles. The van der Waals surface area contributed by atoms with Crippen LogP contribution in [0, 0.1) is 4.91 Å². The van der Waals surface area contributed by atoms with Crippen molar-refractivity contribution in [2.75, 3.05) is 12.5 Å². The molecule has 0 fully saturated rings. The standard InChI is InChI=1S/C4H10N4O4S/c1-2-12-13(10,11)3-6-4(5)7-8-9/h2-3H2,1H3,(H3,5,6,7,9). The summed E-state index contributed by atoms with van der Waals surface area (Å²) in [5.41, 5.74) is 5.01. The van der Waals surface area contributed by atoms with Gasteiger partial charge in [0.15, 0.2) is 0 Å². The third kappa shape index (κ3) is 5.99. The largest absolute Gasteiger partial charge is 0.368 e. The maximum Gasteiger partial charge on any atom is 0.285 e. The van der Waals surface area contributed by atoms with E-state index < -0.39 is 16.0 Å². The predicted molar refractivity (Wildman–Crippen MR) is 46.0 cm³/mol. The van der Waals surface area contributed by atoms with Crippen LogP contribution in [0.4, 0.5) is 0 Å². The highest BCUT2D eigenvalue weighted by Gasteiger charge is 2.09. The first-order valence-corrected chi connectivity index (χ1v) is 4.86. The van der Waals surface area contributed by atoms with E-state index >= 15 is 0 Å². The van der Waals surface area contributed by atoms with E-state index in [1.54, 1.807) is 0 Å². The zero-order valence-corrected chi connectivity index (χ0v) is 7.74. The van der Waals surface area contributed by atoms with Crippen molar-refractivity contribution in [2.45, 2.75) is 6.92 Å². The molecule has 13 heavy (non-hydrogen) atoms. The Morgan fingerprint density at radius 1 is 1.62 bits per heavy atom. The van der Waals surface area contributed by atoms with Crippen molar-refractivity contribution in [1.82, 2.24) is 5.32 Å². The van der Waals surface area contributed by atoms with Crippen molar-refractivity contribution < 1.29 is 12.6 Å². The number of guanidine groups is 1. The molecule has 0 aliphatic heterocycles. The molecule has 0 saturated carbocycles. The first-order chi connectivity index (χ1) is 6.02. The molecule has 0 rings (SSSR count). The highest BCUT2D eigenvalue weighted by atomic mass is 32.2. The summed E-state index contributed by atoms with van der Waals surface area (Å²) in [6.07, 6.45) is 0. The molecule has 3 N–H and O–H groups in total. The van der Waals surface area contributed by atoms with Gasteiger partial charge in [0.2, 0.25) is 5.96 Å². The molecule has 0 amide bonds. The van der Waals surface area contributed by atoms with Gasteiger partial charge in [0.25, 0.3) is 10.1 Å². The Morgan fingerprint density at radius 3 is 2.69 bits per heavy atom. The molecule has 0 aliphatic carbocycles. The fraction of sp³-hybridized carbons (Fsp3) is 0.750. The van der Waals surface area contributed by atoms with Gasteiger partial charge in [0.05, 0.1) is 11.9 Å². The summed E-state index contributed by atoms with van der Waals surface area (Å²) in [6, 6.07) is 0. The Labute approximate surface area is 75.2 Å². The average molecular weight is 210 g/mol. The number of nitrogens with two attached hydrogens (primary N) is 1. The SMILES string of the molecule is CCOS(=O)(=O)CNC(N)=NN=O. The minimum atomic E-state index is -3.66. The lowest BCUT2D eigenvalue weighted by molar-refractivity contribution is 0.337. The van der Waals surface area contributed by atoms with Gasteiger partial charge in [-0.05, 0) is 6.92 Å². The van der Waals surface area contributed by atoms with E-state index in [9.17, 15) is 13.3 Å². The highest BCUT2D eigenvalue weighted by Crippen LogP contribution is 1.89. The smallest absolute Gasteiger partial charge is 0.285 e. The normalized spacial score (nSPS) is 12.5. The van der Waals surface area contributed by atoms with E-state index in [0.717, 1.165) is 0 Å². The van der Waals surface area contributed by atoms with Crippen molar-refractivity contribution in [2.24, 2.45) is 16.1 Å². The number of hydrogen-bond donors (Lipinski definition) is 2. The fourth-order valence-corrected chi connectivity index (χ4v) is 1.23. The Hall–Kier alpha value is -1.22. The monoisotopic (exact) mass is 210 g/mol. The van der Waals surface area contributed by atoms with Gasteiger partial charge in [-0.3, -0.25) is 4.18 Å². The molecule has 8 nitrogen and oxygen atoms in total. The topological polar surface area (TPSA) is 123 Å². The molecule has 0 heterocycles. The van der Waals surface area contributed by atoms with Gasteiger partial charge in [-0.15, -0.1) is 4.91 Å². The number of rotatable bonds is 5. The van der Waals surface area contributed by atoms with Crippen molar-refractivity contribution in [1.29, 1.82) is 0 Å². The molecule has 0 aliphatic rings. The molecular formula is C4H10N4O4S. The van der Waals surface area contributed by atoms with Crippen molar-refractivity contribution in [3.8, 4) is 0 Å². The number of nitrogens with zero attached hydrogens (tertiary/aromatic N) is 2. The molecule has 0 aromatic carbocycles. The van der Waals surface area contributed by atoms with Crippen LogP contribution in [0.2, 0.25) is 0 Å². The second-order valence-electron chi connectivity index (χ2n) is 1.85. The van der Waals surface area contributed by atoms with Crippen LogP contribution in [-0.4, -0.2) is 26.9 Å². The summed E-state index contributed by atoms with van der Waals surface area (Å²) in [5.74, 6) is -0.927. The molecule has 0 bridgehead atoms. The van der Waals surface area contributed by atoms with Crippen LogP contribution in [0.15, 0.2) is 10.4 Å². The number of nitroso groups, excluding NO2 is 1. The molecule has 0 spiro atoms. The van der Waals surface area contributed by atoms with Crippen LogP contribution in [0.3, 0.4) is 0 Å². The Kier molecular flexibility index (Phi) is 4.92. The maximum absolute atomic E-state index is 10.8. The van der Waals surface area contributed by atoms with Crippen molar-refractivity contribution in [3.63, 3.8) is 0 Å². The Morgan fingerprint density at radius 2 is 2.23 bits per heavy atom. The number of nitrogens with one attached hydrogen (secondary N) is 1. The van der Waals surface area contributed by atoms with E-state index in [0.29, 0.717) is 0 Å². The summed E-state index contributed by atoms with van der Waals surface area (Å²) in [6.45, 7) is 1.56. The van der Waals surface area contributed by atoms with Gasteiger partial charge in [0.1, 0.15) is 5.88 Å². The second kappa shape index (κ2) is 5.43. The molecule has 0 aromatic rings. The summed E-state index contributed by atoms with van der Waals surface area (Å²) in [4.78, 5) is 9.53. The molecule has 76 valence electrons. The fourth-order valence-electron chi connectivity index (χ4n) is 0.463. The third-order valence-electron chi connectivity index (χ3n) is 0.876. The molecule has 9 heteroatoms. The predicted octanol–water partition coefficient (Wildman–Crippen LogP) is -1.10. The quantitative estimate of drug-likeness (QED) is 0.195. The zero-order chi connectivity index (χ0) is 10.3. The van der Waals surface area contributed by atoms with Gasteiger partial charge in [0, 0.05) is 0 Å². The second-order valence-corrected chi connectivity index (χ2v) is 3.49. The van der Waals surface area contributed by atoms with Gasteiger partial charge in [-0.2, -0.15) is 8.42 Å². The van der Waals surface area contributed by atoms with E-state index in [1.165, 1.54) is 6.92 Å². The summed E-state index contributed by atoms with van der Waals surface area (Å²) in [7, 11) is -3.66. The van der Waals surface area contributed by atoms with Crippen LogP contribution in [0.1, 0.15) is 6.92 Å². The van der Waals surface area contributed by atoms with Crippen LogP contribution in [0.25, 0.3) is 0 Å². The van der Waals surface area contributed by atoms with Gasteiger partial charge < -0.3 is 11.1 Å². The van der Waals surface area contributed by atoms with Gasteiger partial charge in [-0.1, -0.05) is 5.10 Å². The van der Waals surface area contributed by atoms with Crippen LogP contribution < -0.4 is 11.1 Å². The van der Waals surface area contributed by atoms with Crippen LogP contribution >= 0.6 is 0 Å². The van der Waals surface area contributed by atoms with E-state index in [2.05, 4.69) is 19.9 Å². The third-order valence-corrected chi connectivity index (χ3v) is 1.97. The van der Waals surface area contributed by atoms with Gasteiger partial charge >= 0.3 is 0 Å². The maximum atomic E-state index is 10.8. The molecule has 0 unspecified atom stereocenters.